The summed E-state index contributed by atoms with van der Waals surface area (Å²) in [5.41, 5.74) is 8.73. The summed E-state index contributed by atoms with van der Waals surface area (Å²) in [6, 6.07) is 10.1. The van der Waals surface area contributed by atoms with Crippen molar-refractivity contribution in [2.24, 2.45) is 5.73 Å². The first-order valence-corrected chi connectivity index (χ1v) is 10.4. The number of hydrogen-bond donors (Lipinski definition) is 3. The van der Waals surface area contributed by atoms with Gasteiger partial charge in [-0.3, -0.25) is 14.9 Å². The minimum atomic E-state index is -0.400. The molecular weight excluding hydrogens is 396 g/mol. The second-order valence-corrected chi connectivity index (χ2v) is 7.46. The van der Waals surface area contributed by atoms with Gasteiger partial charge in [-0.2, -0.15) is 0 Å². The summed E-state index contributed by atoms with van der Waals surface area (Å²) in [5, 5.41) is 14.8. The van der Waals surface area contributed by atoms with Crippen LogP contribution in [0.1, 0.15) is 47.2 Å². The molecule has 0 aliphatic carbocycles. The molecule has 0 spiro atoms. The number of methoxy groups -OCH3 is 1. The molecule has 0 aliphatic heterocycles. The molecule has 3 aromatic rings. The van der Waals surface area contributed by atoms with E-state index in [1.54, 1.807) is 31.4 Å². The molecule has 0 radical (unpaired) electrons. The maximum atomic E-state index is 12.5. The zero-order valence-corrected chi connectivity index (χ0v) is 17.6. The molecule has 2 aromatic carbocycles. The molecule has 1 amide bonds. The first-order chi connectivity index (χ1) is 15.0. The fourth-order valence-corrected chi connectivity index (χ4v) is 3.59. The third kappa shape index (κ3) is 5.61. The highest BCUT2D eigenvalue weighted by atomic mass is 16.6. The van der Waals surface area contributed by atoms with E-state index in [0.717, 1.165) is 47.7 Å². The highest BCUT2D eigenvalue weighted by Crippen LogP contribution is 2.29. The lowest BCUT2D eigenvalue weighted by molar-refractivity contribution is -0.384. The number of ether oxygens (including phenoxy) is 1. The Kier molecular flexibility index (Phi) is 7.61. The number of nitrogens with two attached hydrogens (primary N) is 1. The van der Waals surface area contributed by atoms with Crippen LogP contribution in [0, 0.1) is 10.1 Å². The van der Waals surface area contributed by atoms with E-state index in [-0.39, 0.29) is 11.6 Å². The van der Waals surface area contributed by atoms with Crippen LogP contribution in [0.5, 0.6) is 5.75 Å². The second-order valence-electron chi connectivity index (χ2n) is 7.46. The highest BCUT2D eigenvalue weighted by Gasteiger charge is 2.14. The number of nitro groups is 1. The molecule has 0 aliphatic rings. The molecule has 4 N–H and O–H groups in total. The molecule has 1 aromatic heterocycles. The molecule has 0 unspecified atom stereocenters. The Bertz CT molecular complexity index is 1060. The second kappa shape index (κ2) is 10.6. The minimum Gasteiger partial charge on any atom is -0.496 e. The van der Waals surface area contributed by atoms with E-state index in [0.29, 0.717) is 30.8 Å². The number of aromatic amines is 1. The van der Waals surface area contributed by atoms with E-state index in [9.17, 15) is 14.9 Å². The number of fused-ring (bicyclic) bond motifs is 1. The Morgan fingerprint density at radius 3 is 2.68 bits per heavy atom. The number of carbonyl (C=O) groups excluding carboxylic acids is 1. The number of aromatic nitrogens is 1. The normalized spacial score (nSPS) is 10.9. The molecule has 0 saturated carbocycles. The fraction of sp³-hybridized carbons (Fsp3) is 0.348. The van der Waals surface area contributed by atoms with Crippen LogP contribution < -0.4 is 15.8 Å². The Morgan fingerprint density at radius 1 is 1.13 bits per heavy atom. The van der Waals surface area contributed by atoms with E-state index in [2.05, 4.69) is 10.3 Å². The molecule has 0 fully saturated rings. The molecule has 31 heavy (non-hydrogen) atoms. The summed E-state index contributed by atoms with van der Waals surface area (Å²) >= 11 is 0. The third-order valence-corrected chi connectivity index (χ3v) is 5.31. The fourth-order valence-electron chi connectivity index (χ4n) is 3.59. The van der Waals surface area contributed by atoms with E-state index < -0.39 is 4.92 Å². The lowest BCUT2D eigenvalue weighted by Gasteiger charge is -2.11. The smallest absolute Gasteiger partial charge is 0.270 e. The molecule has 0 bridgehead atoms. The number of nitro benzene ring substituents is 1. The van der Waals surface area contributed by atoms with Gasteiger partial charge in [-0.05, 0) is 48.7 Å². The number of nitrogens with zero attached hydrogens (tertiary/aromatic N) is 1. The van der Waals surface area contributed by atoms with Gasteiger partial charge in [0.15, 0.2) is 0 Å². The van der Waals surface area contributed by atoms with Crippen molar-refractivity contribution in [3.63, 3.8) is 0 Å². The summed E-state index contributed by atoms with van der Waals surface area (Å²) in [5.74, 6) is 0.474. The first kappa shape index (κ1) is 22.3. The van der Waals surface area contributed by atoms with Gasteiger partial charge in [-0.25, -0.2) is 0 Å². The van der Waals surface area contributed by atoms with Crippen LogP contribution in [-0.4, -0.2) is 36.0 Å². The third-order valence-electron chi connectivity index (χ3n) is 5.31. The molecular formula is C23H28N4O4. The minimum absolute atomic E-state index is 0.0513. The van der Waals surface area contributed by atoms with Crippen molar-refractivity contribution in [1.82, 2.24) is 10.3 Å². The van der Waals surface area contributed by atoms with Gasteiger partial charge in [0.1, 0.15) is 5.75 Å². The Balaban J connectivity index is 1.70. The molecule has 8 heteroatoms. The number of benzene rings is 2. The zero-order valence-electron chi connectivity index (χ0n) is 17.6. The van der Waals surface area contributed by atoms with Crippen LogP contribution in [0.25, 0.3) is 10.9 Å². The number of nitrogens with one attached hydrogen (secondary N) is 2. The van der Waals surface area contributed by atoms with E-state index in [1.165, 1.54) is 6.07 Å². The van der Waals surface area contributed by atoms with Crippen molar-refractivity contribution < 1.29 is 14.5 Å². The molecule has 1 heterocycles. The van der Waals surface area contributed by atoms with Crippen molar-refractivity contribution >= 4 is 22.5 Å². The summed E-state index contributed by atoms with van der Waals surface area (Å²) in [7, 11) is 1.57. The van der Waals surface area contributed by atoms with E-state index >= 15 is 0 Å². The van der Waals surface area contributed by atoms with Crippen LogP contribution in [-0.2, 0) is 6.42 Å². The van der Waals surface area contributed by atoms with Crippen LogP contribution in [0.15, 0.2) is 42.6 Å². The molecule has 0 saturated heterocycles. The van der Waals surface area contributed by atoms with E-state index in [4.69, 9.17) is 10.5 Å². The van der Waals surface area contributed by atoms with Gasteiger partial charge in [-0.15, -0.1) is 0 Å². The quantitative estimate of drug-likeness (QED) is 0.244. The maximum absolute atomic E-state index is 12.5. The highest BCUT2D eigenvalue weighted by molar-refractivity contribution is 5.94. The molecule has 8 nitrogen and oxygen atoms in total. The number of unbranched alkanes of at least 4 members (excludes halogenated alkanes) is 3. The first-order valence-electron chi connectivity index (χ1n) is 10.4. The number of rotatable bonds is 11. The Labute approximate surface area is 180 Å². The van der Waals surface area contributed by atoms with Gasteiger partial charge in [0, 0.05) is 47.8 Å². The van der Waals surface area contributed by atoms with Gasteiger partial charge < -0.3 is 20.8 Å². The number of carbonyl (C=O) groups is 1. The Hall–Kier alpha value is -3.39. The summed E-state index contributed by atoms with van der Waals surface area (Å²) in [4.78, 5) is 26.3. The van der Waals surface area contributed by atoms with Gasteiger partial charge in [0.2, 0.25) is 0 Å². The van der Waals surface area contributed by atoms with Crippen molar-refractivity contribution in [3.8, 4) is 5.75 Å². The number of non-ortho nitro benzene ring substituents is 1. The standard InChI is InChI=1S/C23H28N4O4/c1-31-22-13-17(23(28)25-11-5-3-2-4-10-24)7-6-16(22)12-18-15-26-21-9-8-19(27(29)30)14-20(18)21/h6-9,13-15,26H,2-5,10-12,24H2,1H3,(H,25,28). The van der Waals surface area contributed by atoms with E-state index in [1.807, 2.05) is 12.3 Å². The maximum Gasteiger partial charge on any atom is 0.270 e. The molecule has 3 rings (SSSR count). The lowest BCUT2D eigenvalue weighted by Crippen LogP contribution is -2.24. The SMILES string of the molecule is COc1cc(C(=O)NCCCCCCN)ccc1Cc1c[nH]c2ccc([N+](=O)[O-])cc12. The predicted molar refractivity (Wildman–Crippen MR) is 121 cm³/mol. The summed E-state index contributed by atoms with van der Waals surface area (Å²) in [6.45, 7) is 1.33. The summed E-state index contributed by atoms with van der Waals surface area (Å²) in [6.07, 6.45) is 6.42. The largest absolute Gasteiger partial charge is 0.496 e. The van der Waals surface area contributed by atoms with Gasteiger partial charge >= 0.3 is 0 Å². The van der Waals surface area contributed by atoms with Crippen molar-refractivity contribution in [1.29, 1.82) is 0 Å². The number of amides is 1. The van der Waals surface area contributed by atoms with Crippen molar-refractivity contribution in [3.05, 3.63) is 69.4 Å². The molecule has 0 atom stereocenters. The van der Waals surface area contributed by atoms with Gasteiger partial charge in [-0.1, -0.05) is 18.9 Å². The van der Waals surface area contributed by atoms with Crippen molar-refractivity contribution in [2.45, 2.75) is 32.1 Å². The topological polar surface area (TPSA) is 123 Å². The van der Waals surface area contributed by atoms with Crippen molar-refractivity contribution in [2.75, 3.05) is 20.2 Å². The summed E-state index contributed by atoms with van der Waals surface area (Å²) < 4.78 is 5.52. The van der Waals surface area contributed by atoms with Gasteiger partial charge in [0.05, 0.1) is 12.0 Å². The number of H-pyrrole nitrogens is 1. The van der Waals surface area contributed by atoms with Gasteiger partial charge in [0.25, 0.3) is 11.6 Å². The predicted octanol–water partition coefficient (Wildman–Crippen LogP) is 3.92. The monoisotopic (exact) mass is 424 g/mol. The van der Waals surface area contributed by atoms with Crippen LogP contribution in [0.4, 0.5) is 5.69 Å². The average Bonchev–Trinajstić information content (AvgIpc) is 3.18. The zero-order chi connectivity index (χ0) is 22.2. The van der Waals surface area contributed by atoms with Crippen LogP contribution in [0.3, 0.4) is 0 Å². The van der Waals surface area contributed by atoms with Crippen LogP contribution in [0.2, 0.25) is 0 Å². The Morgan fingerprint density at radius 2 is 1.94 bits per heavy atom. The lowest BCUT2D eigenvalue weighted by atomic mass is 10.0. The molecule has 164 valence electrons. The average molecular weight is 425 g/mol. The number of hydrogen-bond acceptors (Lipinski definition) is 5. The van der Waals surface area contributed by atoms with Crippen LogP contribution >= 0.6 is 0 Å².